The highest BCUT2D eigenvalue weighted by Gasteiger charge is 2.34. The molecule has 0 aromatic rings. The van der Waals surface area contributed by atoms with E-state index >= 15 is 0 Å². The predicted molar refractivity (Wildman–Crippen MR) is 49.8 cm³/mol. The summed E-state index contributed by atoms with van der Waals surface area (Å²) in [5.74, 6) is -0.510. The van der Waals surface area contributed by atoms with E-state index in [-0.39, 0.29) is 6.16 Å². The molecule has 0 aromatic heterocycles. The van der Waals surface area contributed by atoms with Gasteiger partial charge in [0, 0.05) is 0 Å². The van der Waals surface area contributed by atoms with Gasteiger partial charge in [0.25, 0.3) is 7.72 Å². The van der Waals surface area contributed by atoms with Gasteiger partial charge >= 0.3 is 0 Å². The van der Waals surface area contributed by atoms with Gasteiger partial charge in [-0.1, -0.05) is 13.3 Å². The van der Waals surface area contributed by atoms with Gasteiger partial charge in [-0.05, 0) is 6.42 Å². The molecule has 0 aliphatic carbocycles. The zero-order valence-electron chi connectivity index (χ0n) is 7.16. The average molecular weight is 192 g/mol. The van der Waals surface area contributed by atoms with Gasteiger partial charge in [0.05, 0.1) is 6.21 Å². The van der Waals surface area contributed by atoms with E-state index in [0.29, 0.717) is 18.8 Å². The van der Waals surface area contributed by atoms with Crippen molar-refractivity contribution in [2.45, 2.75) is 19.8 Å². The fraction of sp³-hybridized carbons (Fsp3) is 0.714. The number of hydrogen-bond donors (Lipinski definition) is 3. The summed E-state index contributed by atoms with van der Waals surface area (Å²) >= 11 is 0. The Hall–Kier alpha value is -0.310. The van der Waals surface area contributed by atoms with Crippen molar-refractivity contribution in [2.75, 3.05) is 12.3 Å². The SMILES string of the molecule is CCCC[P+](O)(O)CC(=O)C=N. The van der Waals surface area contributed by atoms with E-state index < -0.39 is 13.5 Å². The Labute approximate surface area is 72.6 Å². The number of carbonyl (C=O) groups excluding carboxylic acids is 1. The van der Waals surface area contributed by atoms with Gasteiger partial charge in [0.15, 0.2) is 6.16 Å². The first-order chi connectivity index (χ1) is 5.52. The van der Waals surface area contributed by atoms with Crippen LogP contribution in [0.1, 0.15) is 19.8 Å². The zero-order valence-corrected chi connectivity index (χ0v) is 8.05. The van der Waals surface area contributed by atoms with Crippen LogP contribution in [0.4, 0.5) is 0 Å². The van der Waals surface area contributed by atoms with E-state index in [1.54, 1.807) is 0 Å². The largest absolute Gasteiger partial charge is 0.305 e. The molecule has 0 aromatic carbocycles. The monoisotopic (exact) mass is 192 g/mol. The number of Topliss-reactive ketones (excluding diaryl/α,β-unsaturated/α-hetero) is 1. The van der Waals surface area contributed by atoms with Crippen LogP contribution in [-0.2, 0) is 4.79 Å². The normalized spacial score (nSPS) is 11.2. The van der Waals surface area contributed by atoms with Crippen LogP contribution in [0.2, 0.25) is 0 Å². The molecule has 12 heavy (non-hydrogen) atoms. The lowest BCUT2D eigenvalue weighted by Gasteiger charge is -2.09. The molecule has 5 heteroatoms. The number of nitrogens with one attached hydrogen (secondary N) is 1. The first-order valence-electron chi connectivity index (χ1n) is 3.87. The average Bonchev–Trinajstić information content (AvgIpc) is 2.00. The lowest BCUT2D eigenvalue weighted by molar-refractivity contribution is -0.110. The van der Waals surface area contributed by atoms with E-state index in [1.165, 1.54) is 0 Å². The van der Waals surface area contributed by atoms with Crippen LogP contribution in [0, 0.1) is 5.41 Å². The van der Waals surface area contributed by atoms with Gasteiger partial charge < -0.3 is 5.41 Å². The number of carbonyl (C=O) groups is 1. The van der Waals surface area contributed by atoms with Crippen LogP contribution in [0.15, 0.2) is 0 Å². The zero-order chi connectivity index (χ0) is 9.61. The molecule has 0 aliphatic rings. The highest BCUT2D eigenvalue weighted by Crippen LogP contribution is 2.50. The van der Waals surface area contributed by atoms with E-state index in [9.17, 15) is 14.6 Å². The molecule has 70 valence electrons. The minimum atomic E-state index is -3.03. The van der Waals surface area contributed by atoms with Crippen molar-refractivity contribution < 1.29 is 14.6 Å². The fourth-order valence-electron chi connectivity index (χ4n) is 0.786. The van der Waals surface area contributed by atoms with E-state index in [1.807, 2.05) is 6.92 Å². The van der Waals surface area contributed by atoms with Crippen molar-refractivity contribution in [1.29, 1.82) is 5.41 Å². The molecule has 4 nitrogen and oxygen atoms in total. The molecule has 0 atom stereocenters. The minimum absolute atomic E-state index is 0.267. The number of unbranched alkanes of at least 4 members (excludes halogenated alkanes) is 1. The molecule has 0 saturated heterocycles. The van der Waals surface area contributed by atoms with Crippen molar-refractivity contribution in [2.24, 2.45) is 0 Å². The maximum Gasteiger partial charge on any atom is 0.275 e. The van der Waals surface area contributed by atoms with Gasteiger partial charge in [-0.25, -0.2) is 9.79 Å². The molecular weight excluding hydrogens is 177 g/mol. The van der Waals surface area contributed by atoms with Crippen LogP contribution in [0.3, 0.4) is 0 Å². The summed E-state index contributed by atoms with van der Waals surface area (Å²) in [6.07, 6.45) is 2.25. The first-order valence-corrected chi connectivity index (χ1v) is 5.94. The summed E-state index contributed by atoms with van der Waals surface area (Å²) in [5.41, 5.74) is 0. The molecule has 0 bridgehead atoms. The topological polar surface area (TPSA) is 81.4 Å². The second-order valence-electron chi connectivity index (χ2n) is 2.72. The summed E-state index contributed by atoms with van der Waals surface area (Å²) in [4.78, 5) is 29.2. The van der Waals surface area contributed by atoms with Gasteiger partial charge in [0.1, 0.15) is 6.16 Å². The third kappa shape index (κ3) is 5.35. The summed E-state index contributed by atoms with van der Waals surface area (Å²) in [6.45, 7) is 1.94. The van der Waals surface area contributed by atoms with Crippen LogP contribution >= 0.6 is 7.72 Å². The summed E-state index contributed by atoms with van der Waals surface area (Å²) in [7, 11) is -3.03. The second kappa shape index (κ2) is 5.36. The Kier molecular flexibility index (Phi) is 5.22. The first kappa shape index (κ1) is 11.7. The number of hydrogen-bond acceptors (Lipinski definition) is 4. The third-order valence-electron chi connectivity index (χ3n) is 1.44. The predicted octanol–water partition coefficient (Wildman–Crippen LogP) is 0.837. The lowest BCUT2D eigenvalue weighted by atomic mass is 10.4. The molecule has 0 heterocycles. The summed E-state index contributed by atoms with van der Waals surface area (Å²) in [5, 5.41) is 6.59. The standard InChI is InChI=1S/C7H15NO3P/c1-2-3-4-12(10,11)6-7(9)5-8/h5,8,10-11H,2-4,6H2,1H3/q+1. The second-order valence-corrected chi connectivity index (χ2v) is 5.25. The highest BCUT2D eigenvalue weighted by atomic mass is 31.2. The molecule has 0 radical (unpaired) electrons. The van der Waals surface area contributed by atoms with Crippen molar-refractivity contribution in [3.05, 3.63) is 0 Å². The molecule has 0 unspecified atom stereocenters. The molecule has 0 aliphatic heterocycles. The van der Waals surface area contributed by atoms with Crippen LogP contribution in [0.5, 0.6) is 0 Å². The van der Waals surface area contributed by atoms with Crippen LogP contribution in [0.25, 0.3) is 0 Å². The van der Waals surface area contributed by atoms with E-state index in [4.69, 9.17) is 5.41 Å². The maximum atomic E-state index is 10.7. The van der Waals surface area contributed by atoms with Crippen LogP contribution < -0.4 is 0 Å². The highest BCUT2D eigenvalue weighted by molar-refractivity contribution is 7.65. The van der Waals surface area contributed by atoms with E-state index in [0.717, 1.165) is 6.42 Å². The molecule has 0 rings (SSSR count). The molecule has 0 fully saturated rings. The van der Waals surface area contributed by atoms with Gasteiger partial charge in [-0.3, -0.25) is 4.79 Å². The lowest BCUT2D eigenvalue weighted by Crippen LogP contribution is -2.12. The fourth-order valence-corrected chi connectivity index (χ4v) is 2.36. The van der Waals surface area contributed by atoms with Gasteiger partial charge in [-0.15, -0.1) is 0 Å². The summed E-state index contributed by atoms with van der Waals surface area (Å²) in [6, 6.07) is 0. The van der Waals surface area contributed by atoms with E-state index in [2.05, 4.69) is 0 Å². The molecule has 0 saturated carbocycles. The Bertz CT molecular complexity index is 170. The number of rotatable bonds is 6. The van der Waals surface area contributed by atoms with Crippen molar-refractivity contribution in [1.82, 2.24) is 0 Å². The van der Waals surface area contributed by atoms with Crippen molar-refractivity contribution >= 4 is 19.7 Å². The van der Waals surface area contributed by atoms with Crippen molar-refractivity contribution in [3.63, 3.8) is 0 Å². The minimum Gasteiger partial charge on any atom is -0.305 e. The Morgan fingerprint density at radius 2 is 2.17 bits per heavy atom. The summed E-state index contributed by atoms with van der Waals surface area (Å²) < 4.78 is 0. The smallest absolute Gasteiger partial charge is 0.275 e. The van der Waals surface area contributed by atoms with Gasteiger partial charge in [-0.2, -0.15) is 0 Å². The molecule has 3 N–H and O–H groups in total. The van der Waals surface area contributed by atoms with Crippen molar-refractivity contribution in [3.8, 4) is 0 Å². The molecule has 0 spiro atoms. The Morgan fingerprint density at radius 1 is 1.58 bits per heavy atom. The quantitative estimate of drug-likeness (QED) is 0.430. The Morgan fingerprint density at radius 3 is 2.58 bits per heavy atom. The maximum absolute atomic E-state index is 10.7. The van der Waals surface area contributed by atoms with Crippen LogP contribution in [-0.4, -0.2) is 34.1 Å². The Balaban J connectivity index is 3.85. The number of ketones is 1. The van der Waals surface area contributed by atoms with Gasteiger partial charge in [0.2, 0.25) is 5.78 Å². The molecular formula is C7H15NO3P+. The third-order valence-corrected chi connectivity index (χ3v) is 3.29. The molecule has 0 amide bonds.